The van der Waals surface area contributed by atoms with E-state index in [1.54, 1.807) is 16.9 Å². The lowest BCUT2D eigenvalue weighted by molar-refractivity contribution is -0.141. The van der Waals surface area contributed by atoms with Crippen LogP contribution in [0.1, 0.15) is 55.7 Å². The van der Waals surface area contributed by atoms with Crippen molar-refractivity contribution in [2.45, 2.75) is 57.9 Å². The number of hydrogen-bond acceptors (Lipinski definition) is 3. The molecule has 0 spiro atoms. The van der Waals surface area contributed by atoms with Gasteiger partial charge in [0.2, 0.25) is 5.91 Å². The predicted octanol–water partition coefficient (Wildman–Crippen LogP) is 3.53. The summed E-state index contributed by atoms with van der Waals surface area (Å²) in [5.41, 5.74) is -0.177. The van der Waals surface area contributed by atoms with E-state index in [2.05, 4.69) is 15.5 Å². The average Bonchev–Trinajstić information content (AvgIpc) is 3.19. The molecule has 142 valence electrons. The van der Waals surface area contributed by atoms with Crippen LogP contribution in [0, 0.1) is 0 Å². The van der Waals surface area contributed by atoms with Crippen LogP contribution in [0.3, 0.4) is 0 Å². The van der Waals surface area contributed by atoms with Crippen LogP contribution in [0.4, 0.5) is 13.2 Å². The lowest BCUT2D eigenvalue weighted by Crippen LogP contribution is -2.32. The highest BCUT2D eigenvalue weighted by Crippen LogP contribution is 2.47. The Bertz CT molecular complexity index is 809. The minimum Gasteiger partial charge on any atom is -0.349 e. The molecule has 1 aliphatic rings. The van der Waals surface area contributed by atoms with Crippen LogP contribution in [-0.4, -0.2) is 25.5 Å². The minimum absolute atomic E-state index is 0.0818. The van der Waals surface area contributed by atoms with Crippen molar-refractivity contribution in [3.8, 4) is 0 Å². The second-order valence-corrected chi connectivity index (χ2v) is 6.70. The van der Waals surface area contributed by atoms with E-state index >= 15 is 0 Å². The summed E-state index contributed by atoms with van der Waals surface area (Å²) in [6, 6.07) is 0.865. The van der Waals surface area contributed by atoms with Gasteiger partial charge in [-0.1, -0.05) is 11.6 Å². The number of rotatable bonds is 6. The molecule has 0 aromatic carbocycles. The molecule has 2 aromatic heterocycles. The van der Waals surface area contributed by atoms with E-state index in [4.69, 9.17) is 11.6 Å². The van der Waals surface area contributed by atoms with Gasteiger partial charge in [0, 0.05) is 18.7 Å². The molecule has 1 N–H and O–H groups in total. The summed E-state index contributed by atoms with van der Waals surface area (Å²) in [6.07, 6.45) is -1.38. The van der Waals surface area contributed by atoms with Gasteiger partial charge in [-0.05, 0) is 32.8 Å². The van der Waals surface area contributed by atoms with Crippen LogP contribution >= 0.6 is 11.6 Å². The Kier molecular flexibility index (Phi) is 5.01. The smallest absolute Gasteiger partial charge is 0.349 e. The molecule has 1 atom stereocenters. The Morgan fingerprint density at radius 2 is 2.12 bits per heavy atom. The Hall–Kier alpha value is -2.03. The molecule has 0 aliphatic heterocycles. The number of hydrogen-bond donors (Lipinski definition) is 1. The summed E-state index contributed by atoms with van der Waals surface area (Å²) >= 11 is 5.94. The molecular weight excluding hydrogens is 371 g/mol. The number of halogens is 4. The monoisotopic (exact) mass is 389 g/mol. The van der Waals surface area contributed by atoms with Gasteiger partial charge in [0.25, 0.3) is 0 Å². The first-order valence-electron chi connectivity index (χ1n) is 8.37. The number of alkyl halides is 3. The summed E-state index contributed by atoms with van der Waals surface area (Å²) in [5.74, 6) is -0.521. The van der Waals surface area contributed by atoms with E-state index in [0.29, 0.717) is 12.2 Å². The first kappa shape index (κ1) is 18.8. The molecule has 1 aliphatic carbocycles. The fraction of sp³-hybridized carbons (Fsp3) is 0.562. The minimum atomic E-state index is -4.66. The van der Waals surface area contributed by atoms with E-state index in [1.807, 2.05) is 6.92 Å². The number of aromatic nitrogens is 4. The molecular formula is C16H19ClF3N5O. The summed E-state index contributed by atoms with van der Waals surface area (Å²) in [7, 11) is 0. The van der Waals surface area contributed by atoms with E-state index in [9.17, 15) is 18.0 Å². The third-order valence-corrected chi connectivity index (χ3v) is 4.70. The molecule has 2 aromatic rings. The van der Waals surface area contributed by atoms with Gasteiger partial charge < -0.3 is 5.32 Å². The van der Waals surface area contributed by atoms with Gasteiger partial charge in [0.05, 0.1) is 23.0 Å². The Morgan fingerprint density at radius 1 is 1.42 bits per heavy atom. The SMILES string of the molecule is CCn1ccc(CNC(=O)C(C)n2nc(C(F)(F)F)c(Cl)c2C2CC2)n1. The standard InChI is InChI=1S/C16H19ClF3N5O/c1-3-24-7-6-11(22-24)8-21-15(26)9(2)25-13(10-4-5-10)12(17)14(23-25)16(18,19)20/h6-7,9-10H,3-5,8H2,1-2H3,(H,21,26). The van der Waals surface area contributed by atoms with Crippen molar-refractivity contribution in [3.63, 3.8) is 0 Å². The van der Waals surface area contributed by atoms with Gasteiger partial charge in [-0.3, -0.25) is 14.2 Å². The molecule has 0 radical (unpaired) electrons. The topological polar surface area (TPSA) is 64.7 Å². The van der Waals surface area contributed by atoms with Crippen molar-refractivity contribution in [1.82, 2.24) is 24.9 Å². The Labute approximate surface area is 153 Å². The van der Waals surface area contributed by atoms with Crippen molar-refractivity contribution in [3.05, 3.63) is 34.4 Å². The lowest BCUT2D eigenvalue weighted by atomic mass is 10.2. The molecule has 6 nitrogen and oxygen atoms in total. The van der Waals surface area contributed by atoms with Crippen LogP contribution in [0.2, 0.25) is 5.02 Å². The first-order chi connectivity index (χ1) is 12.2. The van der Waals surface area contributed by atoms with E-state index in [1.165, 1.54) is 6.92 Å². The zero-order chi connectivity index (χ0) is 19.1. The third kappa shape index (κ3) is 3.72. The summed E-state index contributed by atoms with van der Waals surface area (Å²) in [5, 5.41) is 10.2. The molecule has 0 bridgehead atoms. The molecule has 1 unspecified atom stereocenters. The van der Waals surface area contributed by atoms with Crippen LogP contribution in [-0.2, 0) is 24.1 Å². The summed E-state index contributed by atoms with van der Waals surface area (Å²) in [4.78, 5) is 12.4. The number of amides is 1. The lowest BCUT2D eigenvalue weighted by Gasteiger charge is -2.15. The normalized spacial score (nSPS) is 15.9. The number of nitrogens with one attached hydrogen (secondary N) is 1. The number of carbonyl (C=O) groups is 1. The van der Waals surface area contributed by atoms with Crippen molar-refractivity contribution >= 4 is 17.5 Å². The van der Waals surface area contributed by atoms with E-state index < -0.39 is 28.8 Å². The highest BCUT2D eigenvalue weighted by molar-refractivity contribution is 6.32. The maximum absolute atomic E-state index is 13.1. The zero-order valence-electron chi connectivity index (χ0n) is 14.3. The van der Waals surface area contributed by atoms with Crippen molar-refractivity contribution in [2.75, 3.05) is 0 Å². The van der Waals surface area contributed by atoms with Gasteiger partial charge in [-0.2, -0.15) is 23.4 Å². The predicted molar refractivity (Wildman–Crippen MR) is 88.7 cm³/mol. The number of nitrogens with zero attached hydrogens (tertiary/aromatic N) is 4. The number of carbonyl (C=O) groups excluding carboxylic acids is 1. The van der Waals surface area contributed by atoms with E-state index in [0.717, 1.165) is 17.5 Å². The van der Waals surface area contributed by atoms with Gasteiger partial charge >= 0.3 is 6.18 Å². The van der Waals surface area contributed by atoms with Gasteiger partial charge in [0.1, 0.15) is 6.04 Å². The molecule has 2 heterocycles. The first-order valence-corrected chi connectivity index (χ1v) is 8.75. The highest BCUT2D eigenvalue weighted by Gasteiger charge is 2.43. The Morgan fingerprint density at radius 3 is 2.65 bits per heavy atom. The third-order valence-electron chi connectivity index (χ3n) is 4.33. The molecule has 26 heavy (non-hydrogen) atoms. The molecule has 1 amide bonds. The van der Waals surface area contributed by atoms with Crippen LogP contribution in [0.25, 0.3) is 0 Å². The maximum Gasteiger partial charge on any atom is 0.436 e. The summed E-state index contributed by atoms with van der Waals surface area (Å²) in [6.45, 7) is 4.35. The zero-order valence-corrected chi connectivity index (χ0v) is 15.1. The van der Waals surface area contributed by atoms with Gasteiger partial charge in [-0.25, -0.2) is 0 Å². The fourth-order valence-electron chi connectivity index (χ4n) is 2.74. The molecule has 1 fully saturated rings. The molecule has 3 rings (SSSR count). The highest BCUT2D eigenvalue weighted by atomic mass is 35.5. The molecule has 1 saturated carbocycles. The second-order valence-electron chi connectivity index (χ2n) is 6.32. The van der Waals surface area contributed by atoms with Gasteiger partial charge in [-0.15, -0.1) is 0 Å². The second kappa shape index (κ2) is 6.94. The van der Waals surface area contributed by atoms with Crippen molar-refractivity contribution < 1.29 is 18.0 Å². The van der Waals surface area contributed by atoms with E-state index in [-0.39, 0.29) is 18.2 Å². The van der Waals surface area contributed by atoms with Crippen LogP contribution < -0.4 is 5.32 Å². The van der Waals surface area contributed by atoms with Crippen molar-refractivity contribution in [1.29, 1.82) is 0 Å². The van der Waals surface area contributed by atoms with Crippen LogP contribution in [0.5, 0.6) is 0 Å². The van der Waals surface area contributed by atoms with Gasteiger partial charge in [0.15, 0.2) is 5.69 Å². The average molecular weight is 390 g/mol. The van der Waals surface area contributed by atoms with Crippen molar-refractivity contribution in [2.24, 2.45) is 0 Å². The quantitative estimate of drug-likeness (QED) is 0.822. The molecule has 0 saturated heterocycles. The Balaban J connectivity index is 1.78. The maximum atomic E-state index is 13.1. The molecule has 10 heteroatoms. The fourth-order valence-corrected chi connectivity index (χ4v) is 3.12. The number of aryl methyl sites for hydroxylation is 1. The largest absolute Gasteiger partial charge is 0.436 e. The summed E-state index contributed by atoms with van der Waals surface area (Å²) < 4.78 is 42.2. The van der Waals surface area contributed by atoms with Crippen LogP contribution in [0.15, 0.2) is 12.3 Å².